The minimum atomic E-state index is -0.899. The van der Waals surface area contributed by atoms with E-state index in [-0.39, 0.29) is 6.42 Å². The lowest BCUT2D eigenvalue weighted by atomic mass is 10.1. The molecule has 3 aromatic rings. The predicted molar refractivity (Wildman–Crippen MR) is 90.9 cm³/mol. The van der Waals surface area contributed by atoms with Gasteiger partial charge >= 0.3 is 5.97 Å². The summed E-state index contributed by atoms with van der Waals surface area (Å²) in [6.07, 6.45) is 1.72. The first-order valence-electron chi connectivity index (χ1n) is 6.94. The first-order valence-corrected chi connectivity index (χ1v) is 7.76. The molecule has 0 aliphatic rings. The molecule has 5 heteroatoms. The van der Waals surface area contributed by atoms with Gasteiger partial charge in [0.15, 0.2) is 0 Å². The van der Waals surface area contributed by atoms with Gasteiger partial charge in [-0.25, -0.2) is 4.98 Å². The van der Waals surface area contributed by atoms with Crippen LogP contribution in [0.15, 0.2) is 48.5 Å². The molecule has 3 rings (SSSR count). The standard InChI is InChI=1S/C18H12N2O2S/c19-11-13-7-5-12(6-8-13)9-14(10-17(21)22)18-20-15-3-1-2-4-16(15)23-18/h1-9H,10H2,(H,21,22)/b14-9-. The maximum atomic E-state index is 11.2. The molecular formula is C18H12N2O2S. The van der Waals surface area contributed by atoms with Gasteiger partial charge in [-0.3, -0.25) is 4.79 Å². The zero-order valence-corrected chi connectivity index (χ0v) is 12.9. The van der Waals surface area contributed by atoms with Crippen molar-refractivity contribution in [2.45, 2.75) is 6.42 Å². The van der Waals surface area contributed by atoms with Crippen molar-refractivity contribution in [3.05, 3.63) is 64.7 Å². The van der Waals surface area contributed by atoms with E-state index in [0.717, 1.165) is 15.8 Å². The summed E-state index contributed by atoms with van der Waals surface area (Å²) in [6, 6.07) is 16.8. The van der Waals surface area contributed by atoms with Crippen molar-refractivity contribution < 1.29 is 9.90 Å². The quantitative estimate of drug-likeness (QED) is 0.782. The number of para-hydroxylation sites is 1. The van der Waals surface area contributed by atoms with Crippen LogP contribution in [0, 0.1) is 11.3 Å². The van der Waals surface area contributed by atoms with Gasteiger partial charge in [0.05, 0.1) is 28.3 Å². The van der Waals surface area contributed by atoms with Crippen molar-refractivity contribution in [3.8, 4) is 6.07 Å². The van der Waals surface area contributed by atoms with Crippen molar-refractivity contribution in [1.82, 2.24) is 4.98 Å². The molecule has 0 saturated carbocycles. The molecular weight excluding hydrogens is 308 g/mol. The molecule has 1 heterocycles. The molecule has 0 radical (unpaired) electrons. The lowest BCUT2D eigenvalue weighted by Crippen LogP contribution is -1.97. The van der Waals surface area contributed by atoms with E-state index in [2.05, 4.69) is 11.1 Å². The van der Waals surface area contributed by atoms with Gasteiger partial charge in [0.2, 0.25) is 0 Å². The van der Waals surface area contributed by atoms with Crippen LogP contribution < -0.4 is 0 Å². The largest absolute Gasteiger partial charge is 0.481 e. The van der Waals surface area contributed by atoms with E-state index >= 15 is 0 Å². The van der Waals surface area contributed by atoms with Crippen molar-refractivity contribution in [1.29, 1.82) is 5.26 Å². The zero-order valence-electron chi connectivity index (χ0n) is 12.1. The summed E-state index contributed by atoms with van der Waals surface area (Å²) in [5.41, 5.74) is 2.94. The minimum Gasteiger partial charge on any atom is -0.481 e. The lowest BCUT2D eigenvalue weighted by Gasteiger charge is -2.01. The Morgan fingerprint density at radius 1 is 1.22 bits per heavy atom. The molecule has 0 aliphatic carbocycles. The van der Waals surface area contributed by atoms with Gasteiger partial charge in [0, 0.05) is 0 Å². The van der Waals surface area contributed by atoms with Crippen molar-refractivity contribution in [2.24, 2.45) is 0 Å². The fraction of sp³-hybridized carbons (Fsp3) is 0.0556. The summed E-state index contributed by atoms with van der Waals surface area (Å²) in [6.45, 7) is 0. The molecule has 0 spiro atoms. The Morgan fingerprint density at radius 2 is 1.96 bits per heavy atom. The van der Waals surface area contributed by atoms with Crippen LogP contribution >= 0.6 is 11.3 Å². The van der Waals surface area contributed by atoms with E-state index in [1.165, 1.54) is 11.3 Å². The van der Waals surface area contributed by atoms with E-state index in [1.807, 2.05) is 30.3 Å². The van der Waals surface area contributed by atoms with Crippen molar-refractivity contribution in [2.75, 3.05) is 0 Å². The van der Waals surface area contributed by atoms with E-state index < -0.39 is 5.97 Å². The van der Waals surface area contributed by atoms with Gasteiger partial charge in [-0.05, 0) is 41.5 Å². The Bertz CT molecular complexity index is 901. The molecule has 0 unspecified atom stereocenters. The minimum absolute atomic E-state index is 0.0974. The number of rotatable bonds is 4. The SMILES string of the molecule is N#Cc1ccc(/C=C(/CC(=O)O)c2nc3ccccc3s2)cc1. The average Bonchev–Trinajstić information content (AvgIpc) is 2.98. The zero-order chi connectivity index (χ0) is 16.2. The number of carboxylic acids is 1. The molecule has 0 saturated heterocycles. The summed E-state index contributed by atoms with van der Waals surface area (Å²) < 4.78 is 1.03. The molecule has 23 heavy (non-hydrogen) atoms. The second kappa shape index (κ2) is 6.42. The van der Waals surface area contributed by atoms with Gasteiger partial charge in [-0.2, -0.15) is 5.26 Å². The number of aliphatic carboxylic acids is 1. The number of nitriles is 1. The topological polar surface area (TPSA) is 74.0 Å². The second-order valence-corrected chi connectivity index (χ2v) is 5.99. The Hall–Kier alpha value is -2.97. The van der Waals surface area contributed by atoms with Crippen LogP contribution in [0.25, 0.3) is 21.9 Å². The number of carboxylic acid groups (broad SMARTS) is 1. The van der Waals surface area contributed by atoms with Gasteiger partial charge in [-0.1, -0.05) is 24.3 Å². The number of carbonyl (C=O) groups is 1. The fourth-order valence-corrected chi connectivity index (χ4v) is 3.20. The number of aromatic nitrogens is 1. The maximum Gasteiger partial charge on any atom is 0.307 e. The molecule has 1 N–H and O–H groups in total. The van der Waals surface area contributed by atoms with Crippen LogP contribution in [0.1, 0.15) is 22.6 Å². The Kier molecular flexibility index (Phi) is 4.18. The molecule has 0 aliphatic heterocycles. The first-order chi connectivity index (χ1) is 11.2. The van der Waals surface area contributed by atoms with E-state index in [1.54, 1.807) is 24.3 Å². The van der Waals surface area contributed by atoms with Crippen LogP contribution in [-0.2, 0) is 4.79 Å². The summed E-state index contributed by atoms with van der Waals surface area (Å²) in [5, 5.41) is 18.7. The summed E-state index contributed by atoms with van der Waals surface area (Å²) in [5.74, 6) is -0.899. The van der Waals surface area contributed by atoms with Crippen LogP contribution in [0.4, 0.5) is 0 Å². The molecule has 1 aromatic heterocycles. The Balaban J connectivity index is 2.04. The highest BCUT2D eigenvalue weighted by atomic mass is 32.1. The van der Waals surface area contributed by atoms with E-state index in [0.29, 0.717) is 16.1 Å². The van der Waals surface area contributed by atoms with Crippen LogP contribution in [0.5, 0.6) is 0 Å². The highest BCUT2D eigenvalue weighted by molar-refractivity contribution is 7.19. The number of hydrogen-bond donors (Lipinski definition) is 1. The normalized spacial score (nSPS) is 11.3. The maximum absolute atomic E-state index is 11.2. The summed E-state index contributed by atoms with van der Waals surface area (Å²) >= 11 is 1.48. The third-order valence-corrected chi connectivity index (χ3v) is 4.40. The number of hydrogen-bond acceptors (Lipinski definition) is 4. The van der Waals surface area contributed by atoms with Crippen LogP contribution in [0.3, 0.4) is 0 Å². The molecule has 112 valence electrons. The third-order valence-electron chi connectivity index (χ3n) is 3.29. The fourth-order valence-electron chi connectivity index (χ4n) is 2.22. The van der Waals surface area contributed by atoms with Gasteiger partial charge < -0.3 is 5.11 Å². The molecule has 0 fully saturated rings. The molecule has 0 atom stereocenters. The van der Waals surface area contributed by atoms with Gasteiger partial charge in [0.25, 0.3) is 0 Å². The van der Waals surface area contributed by atoms with Crippen molar-refractivity contribution in [3.63, 3.8) is 0 Å². The number of nitrogens with zero attached hydrogens (tertiary/aromatic N) is 2. The van der Waals surface area contributed by atoms with Gasteiger partial charge in [0.1, 0.15) is 5.01 Å². The number of thiazole rings is 1. The highest BCUT2D eigenvalue weighted by Crippen LogP contribution is 2.30. The third kappa shape index (κ3) is 3.44. The first kappa shape index (κ1) is 14.9. The number of fused-ring (bicyclic) bond motifs is 1. The molecule has 0 bridgehead atoms. The Labute approximate surface area is 137 Å². The monoisotopic (exact) mass is 320 g/mol. The summed E-state index contributed by atoms with van der Waals surface area (Å²) in [7, 11) is 0. The predicted octanol–water partition coefficient (Wildman–Crippen LogP) is 4.18. The summed E-state index contributed by atoms with van der Waals surface area (Å²) in [4.78, 5) is 15.7. The molecule has 4 nitrogen and oxygen atoms in total. The van der Waals surface area contributed by atoms with E-state index in [4.69, 9.17) is 5.26 Å². The Morgan fingerprint density at radius 3 is 2.61 bits per heavy atom. The number of benzene rings is 2. The average molecular weight is 320 g/mol. The van der Waals surface area contributed by atoms with Gasteiger partial charge in [-0.15, -0.1) is 11.3 Å². The second-order valence-electron chi connectivity index (χ2n) is 4.96. The highest BCUT2D eigenvalue weighted by Gasteiger charge is 2.12. The molecule has 2 aromatic carbocycles. The molecule has 0 amide bonds. The van der Waals surface area contributed by atoms with Crippen LogP contribution in [-0.4, -0.2) is 16.1 Å². The van der Waals surface area contributed by atoms with Crippen LogP contribution in [0.2, 0.25) is 0 Å². The van der Waals surface area contributed by atoms with E-state index in [9.17, 15) is 9.90 Å². The smallest absolute Gasteiger partial charge is 0.307 e. The van der Waals surface area contributed by atoms with Crippen molar-refractivity contribution >= 4 is 39.2 Å². The lowest BCUT2D eigenvalue weighted by molar-refractivity contribution is -0.135.